The highest BCUT2D eigenvalue weighted by Crippen LogP contribution is 2.66. The number of morpholine rings is 1. The fraction of sp³-hybridized carbons (Fsp3) is 0.600. The zero-order valence-electron chi connectivity index (χ0n) is 29.9. The second-order valence-corrected chi connectivity index (χ2v) is 18.3. The van der Waals surface area contributed by atoms with Crippen molar-refractivity contribution in [3.8, 4) is 17.0 Å². The molecular formula is C40H50N4O6S. The van der Waals surface area contributed by atoms with Crippen LogP contribution in [0.5, 0.6) is 5.75 Å². The van der Waals surface area contributed by atoms with Gasteiger partial charge in [-0.25, -0.2) is 13.1 Å². The molecule has 51 heavy (non-hydrogen) atoms. The van der Waals surface area contributed by atoms with Crippen LogP contribution >= 0.6 is 0 Å². The minimum Gasteiger partial charge on any atom is -0.497 e. The van der Waals surface area contributed by atoms with Gasteiger partial charge in [0.25, 0.3) is 5.91 Å². The molecule has 0 spiro atoms. The van der Waals surface area contributed by atoms with E-state index >= 15 is 4.79 Å². The molecule has 0 radical (unpaired) electrons. The summed E-state index contributed by atoms with van der Waals surface area (Å²) < 4.78 is 43.2. The Hall–Kier alpha value is -3.41. The number of hydrogen-bond donors (Lipinski definition) is 1. The lowest BCUT2D eigenvalue weighted by atomic mass is 9.81. The number of nitrogens with zero attached hydrogens (tertiary/aromatic N) is 3. The third kappa shape index (κ3) is 5.52. The molecule has 2 bridgehead atoms. The summed E-state index contributed by atoms with van der Waals surface area (Å²) in [5, 5.41) is 0.559. The van der Waals surface area contributed by atoms with E-state index in [4.69, 9.17) is 9.47 Å². The van der Waals surface area contributed by atoms with Crippen LogP contribution in [0.15, 0.2) is 36.4 Å². The van der Waals surface area contributed by atoms with Crippen molar-refractivity contribution in [3.05, 3.63) is 53.1 Å². The minimum absolute atomic E-state index is 0.0127. The van der Waals surface area contributed by atoms with Gasteiger partial charge in [-0.15, -0.1) is 0 Å². The van der Waals surface area contributed by atoms with Crippen molar-refractivity contribution >= 4 is 32.7 Å². The van der Waals surface area contributed by atoms with E-state index in [1.807, 2.05) is 18.2 Å². The lowest BCUT2D eigenvalue weighted by molar-refractivity contribution is -0.160. The van der Waals surface area contributed by atoms with Crippen LogP contribution < -0.4 is 9.46 Å². The SMILES string of the molecule is COc1ccc2c(c1)C1CC1(C(=O)N1C3COC[C@@H]1CN(C)C3)Cn1c-2c(C2CCCCC2)c2ccc(C(=O)NS(=O)(=O)C3CCCCC3)cc21. The first-order valence-corrected chi connectivity index (χ1v) is 20.7. The number of carbonyl (C=O) groups is 2. The van der Waals surface area contributed by atoms with Gasteiger partial charge in [0.2, 0.25) is 15.9 Å². The predicted octanol–water partition coefficient (Wildman–Crippen LogP) is 5.79. The maximum atomic E-state index is 15.2. The fourth-order valence-electron chi connectivity index (χ4n) is 10.5. The number of piperazine rings is 1. The van der Waals surface area contributed by atoms with Crippen LogP contribution in [0.3, 0.4) is 0 Å². The van der Waals surface area contributed by atoms with E-state index in [0.29, 0.717) is 44.1 Å². The largest absolute Gasteiger partial charge is 0.497 e. The number of ether oxygens (including phenoxy) is 2. The third-order valence-corrected chi connectivity index (χ3v) is 14.9. The molecule has 3 unspecified atom stereocenters. The van der Waals surface area contributed by atoms with Gasteiger partial charge >= 0.3 is 0 Å². The summed E-state index contributed by atoms with van der Waals surface area (Å²) >= 11 is 0. The number of amides is 2. The molecule has 10 nitrogen and oxygen atoms in total. The Bertz CT molecular complexity index is 1980. The summed E-state index contributed by atoms with van der Waals surface area (Å²) in [5.41, 5.74) is 5.32. The maximum absolute atomic E-state index is 15.2. The smallest absolute Gasteiger partial charge is 0.264 e. The average Bonchev–Trinajstić information content (AvgIpc) is 3.81. The van der Waals surface area contributed by atoms with Gasteiger partial charge in [0.05, 0.1) is 48.8 Å². The zero-order chi connectivity index (χ0) is 35.1. The molecular weight excluding hydrogens is 665 g/mol. The van der Waals surface area contributed by atoms with Crippen molar-refractivity contribution in [2.45, 2.75) is 106 Å². The quantitative estimate of drug-likeness (QED) is 0.345. The Balaban J connectivity index is 1.19. The topological polar surface area (TPSA) is 110 Å². The van der Waals surface area contributed by atoms with Crippen LogP contribution in [0.2, 0.25) is 0 Å². The molecule has 3 aliphatic heterocycles. The number of rotatable bonds is 6. The number of nitrogens with one attached hydrogen (secondary N) is 1. The lowest BCUT2D eigenvalue weighted by Crippen LogP contribution is -2.66. The molecule has 1 aromatic heterocycles. The molecule has 3 saturated carbocycles. The summed E-state index contributed by atoms with van der Waals surface area (Å²) in [6.45, 7) is 3.18. The standard InChI is InChI=1S/C40H50N4O6S/c1-42-20-27-22-50-23-28(21-42)44(27)39(46)40-19-34(40)33-18-29(49-2)14-16-31(33)37-36(25-9-5-3-6-10-25)32-15-13-26(17-35(32)43(37)24-40)38(45)41-51(47,48)30-11-7-4-8-12-30/h13-18,25,27-28,30,34H,3-12,19-24H2,1-2H3,(H,41,45)/t27-,28?,34?,40?/m0/s1. The van der Waals surface area contributed by atoms with E-state index in [1.165, 1.54) is 24.8 Å². The summed E-state index contributed by atoms with van der Waals surface area (Å²) in [5.74, 6) is 0.797. The number of sulfonamides is 1. The Kier molecular flexibility index (Phi) is 8.27. The third-order valence-electron chi connectivity index (χ3n) is 13.1. The van der Waals surface area contributed by atoms with Gasteiger partial charge in [-0.2, -0.15) is 0 Å². The average molecular weight is 715 g/mol. The van der Waals surface area contributed by atoms with Crippen molar-refractivity contribution in [2.24, 2.45) is 5.41 Å². The Morgan fingerprint density at radius 3 is 2.33 bits per heavy atom. The highest BCUT2D eigenvalue weighted by molar-refractivity contribution is 7.90. The van der Waals surface area contributed by atoms with Crippen LogP contribution in [-0.4, -0.2) is 92.4 Å². The van der Waals surface area contributed by atoms with Gasteiger partial charge in [-0.05, 0) is 86.5 Å². The van der Waals surface area contributed by atoms with E-state index in [9.17, 15) is 13.2 Å². The van der Waals surface area contributed by atoms with E-state index in [1.54, 1.807) is 13.2 Å². The van der Waals surface area contributed by atoms with Gasteiger partial charge in [-0.1, -0.05) is 44.6 Å². The molecule has 4 atom stereocenters. The Morgan fingerprint density at radius 2 is 1.63 bits per heavy atom. The number of aromatic nitrogens is 1. The van der Waals surface area contributed by atoms with Gasteiger partial charge in [-0.3, -0.25) is 9.59 Å². The fourth-order valence-corrected chi connectivity index (χ4v) is 12.0. The molecule has 4 heterocycles. The van der Waals surface area contributed by atoms with Crippen LogP contribution in [0, 0.1) is 5.41 Å². The summed E-state index contributed by atoms with van der Waals surface area (Å²) in [4.78, 5) is 33.4. The van der Waals surface area contributed by atoms with Crippen molar-refractivity contribution in [1.29, 1.82) is 0 Å². The van der Waals surface area contributed by atoms with Crippen molar-refractivity contribution in [2.75, 3.05) is 40.5 Å². The van der Waals surface area contributed by atoms with Gasteiger partial charge in [0.15, 0.2) is 0 Å². The first kappa shape index (κ1) is 33.4. The molecule has 6 aliphatic rings. The molecule has 11 heteroatoms. The highest BCUT2D eigenvalue weighted by atomic mass is 32.2. The Morgan fingerprint density at radius 1 is 0.922 bits per heavy atom. The number of fused-ring (bicyclic) bond motifs is 9. The van der Waals surface area contributed by atoms with Crippen molar-refractivity contribution in [3.63, 3.8) is 0 Å². The molecule has 2 saturated heterocycles. The van der Waals surface area contributed by atoms with Gasteiger partial charge in [0.1, 0.15) is 5.75 Å². The molecule has 3 aliphatic carbocycles. The van der Waals surface area contributed by atoms with E-state index < -0.39 is 26.6 Å². The molecule has 1 N–H and O–H groups in total. The van der Waals surface area contributed by atoms with E-state index in [2.05, 4.69) is 38.3 Å². The normalized spacial score (nSPS) is 28.4. The van der Waals surface area contributed by atoms with Crippen molar-refractivity contribution in [1.82, 2.24) is 19.1 Å². The van der Waals surface area contributed by atoms with E-state index in [0.717, 1.165) is 85.1 Å². The van der Waals surface area contributed by atoms with Crippen LogP contribution in [0.1, 0.15) is 104 Å². The van der Waals surface area contributed by atoms with Gasteiger partial charge in [0, 0.05) is 47.6 Å². The summed E-state index contributed by atoms with van der Waals surface area (Å²) in [6, 6.07) is 12.1. The number of methoxy groups -OCH3 is 1. The van der Waals surface area contributed by atoms with Crippen molar-refractivity contribution < 1.29 is 27.5 Å². The number of likely N-dealkylation sites (N-methyl/N-ethyl adjacent to an activating group) is 1. The minimum atomic E-state index is -3.79. The summed E-state index contributed by atoms with van der Waals surface area (Å²) in [7, 11) is 0.0239. The second kappa shape index (κ2) is 12.6. The second-order valence-electron chi connectivity index (χ2n) is 16.3. The van der Waals surface area contributed by atoms with E-state index in [-0.39, 0.29) is 23.9 Å². The first-order valence-electron chi connectivity index (χ1n) is 19.2. The molecule has 2 amide bonds. The molecule has 272 valence electrons. The number of carbonyl (C=O) groups excluding carboxylic acids is 2. The lowest BCUT2D eigenvalue weighted by Gasteiger charge is -2.50. The Labute approximate surface area is 300 Å². The van der Waals surface area contributed by atoms with Crippen LogP contribution in [-0.2, 0) is 26.1 Å². The zero-order valence-corrected chi connectivity index (χ0v) is 30.7. The van der Waals surface area contributed by atoms with Crippen LogP contribution in [0.4, 0.5) is 0 Å². The predicted molar refractivity (Wildman–Crippen MR) is 196 cm³/mol. The molecule has 9 rings (SSSR count). The molecule has 3 aromatic rings. The number of benzene rings is 2. The molecule has 2 aromatic carbocycles. The monoisotopic (exact) mass is 714 g/mol. The summed E-state index contributed by atoms with van der Waals surface area (Å²) in [6.07, 6.45) is 10.4. The highest BCUT2D eigenvalue weighted by Gasteiger charge is 2.65. The van der Waals surface area contributed by atoms with Gasteiger partial charge < -0.3 is 23.8 Å². The molecule has 5 fully saturated rings. The first-order chi connectivity index (χ1) is 24.7. The maximum Gasteiger partial charge on any atom is 0.264 e. The van der Waals surface area contributed by atoms with Crippen LogP contribution in [0.25, 0.3) is 22.2 Å². The number of hydrogen-bond acceptors (Lipinski definition) is 7.